The highest BCUT2D eigenvalue weighted by Gasteiger charge is 2.19. The predicted octanol–water partition coefficient (Wildman–Crippen LogP) is 0.666. The van der Waals surface area contributed by atoms with Crippen molar-refractivity contribution in [3.05, 3.63) is 36.2 Å². The summed E-state index contributed by atoms with van der Waals surface area (Å²) in [5.41, 5.74) is 6.66. The lowest BCUT2D eigenvalue weighted by Gasteiger charge is -2.20. The highest BCUT2D eigenvalue weighted by Crippen LogP contribution is 2.33. The first-order valence-electron chi connectivity index (χ1n) is 6.69. The fraction of sp³-hybridized carbons (Fsp3) is 0.286. The summed E-state index contributed by atoms with van der Waals surface area (Å²) in [6.45, 7) is 1.95. The van der Waals surface area contributed by atoms with Gasteiger partial charge in [0.15, 0.2) is 11.5 Å². The lowest BCUT2D eigenvalue weighted by Crippen LogP contribution is -2.28. The Morgan fingerprint density at radius 1 is 1.38 bits per heavy atom. The number of ether oxygens (including phenoxy) is 2. The molecule has 0 unspecified atom stereocenters. The number of hydrogen-bond acceptors (Lipinski definition) is 5. The maximum Gasteiger partial charge on any atom is 0.255 e. The number of nitrogen functional groups attached to an aromatic ring is 1. The topological polar surface area (TPSA) is 91.4 Å². The second kappa shape index (κ2) is 5.74. The number of fused-ring (bicyclic) bond motifs is 1. The molecule has 1 aromatic carbocycles. The summed E-state index contributed by atoms with van der Waals surface area (Å²) in [5.74, 6) is 0.913. The number of hydrogen-bond donors (Lipinski definition) is 2. The minimum atomic E-state index is -0.197. The largest absolute Gasteiger partial charge is 0.486 e. The quantitative estimate of drug-likeness (QED) is 0.862. The van der Waals surface area contributed by atoms with Gasteiger partial charge in [-0.1, -0.05) is 6.07 Å². The first kappa shape index (κ1) is 13.3. The van der Waals surface area contributed by atoms with Crippen molar-refractivity contribution in [2.45, 2.75) is 6.54 Å². The normalized spacial score (nSPS) is 13.0. The minimum absolute atomic E-state index is 0.197. The SMILES string of the molecule is Nc1cnn(CCNC(=O)c2cccc3c2OCCO3)c1. The van der Waals surface area contributed by atoms with E-state index in [0.717, 1.165) is 0 Å². The van der Waals surface area contributed by atoms with Crippen LogP contribution in [0.1, 0.15) is 10.4 Å². The van der Waals surface area contributed by atoms with Crippen LogP contribution in [0.2, 0.25) is 0 Å². The number of para-hydroxylation sites is 1. The minimum Gasteiger partial charge on any atom is -0.486 e. The lowest BCUT2D eigenvalue weighted by atomic mass is 10.1. The van der Waals surface area contributed by atoms with Crippen molar-refractivity contribution in [2.75, 3.05) is 25.5 Å². The van der Waals surface area contributed by atoms with Crippen LogP contribution in [0.5, 0.6) is 11.5 Å². The molecule has 0 atom stereocenters. The molecule has 2 aromatic rings. The Kier molecular flexibility index (Phi) is 3.63. The van der Waals surface area contributed by atoms with E-state index in [4.69, 9.17) is 15.2 Å². The average molecular weight is 288 g/mol. The number of carbonyl (C=O) groups excluding carboxylic acids is 1. The van der Waals surface area contributed by atoms with Gasteiger partial charge in [0, 0.05) is 12.7 Å². The molecule has 0 aliphatic carbocycles. The molecule has 0 spiro atoms. The molecule has 1 aromatic heterocycles. The van der Waals surface area contributed by atoms with Gasteiger partial charge in [0.05, 0.1) is 24.0 Å². The Labute approximate surface area is 121 Å². The smallest absolute Gasteiger partial charge is 0.255 e. The molecule has 0 radical (unpaired) electrons. The van der Waals surface area contributed by atoms with Crippen LogP contribution in [-0.4, -0.2) is 35.4 Å². The molecular formula is C14H16N4O3. The number of rotatable bonds is 4. The molecule has 7 heteroatoms. The molecule has 2 heterocycles. The van der Waals surface area contributed by atoms with Crippen molar-refractivity contribution < 1.29 is 14.3 Å². The third-order valence-corrected chi connectivity index (χ3v) is 3.09. The summed E-state index contributed by atoms with van der Waals surface area (Å²) in [5, 5.41) is 6.88. The molecule has 110 valence electrons. The van der Waals surface area contributed by atoms with Crippen molar-refractivity contribution in [3.63, 3.8) is 0 Å². The van der Waals surface area contributed by atoms with Crippen LogP contribution in [0.15, 0.2) is 30.6 Å². The standard InChI is InChI=1S/C14H16N4O3/c15-10-8-17-18(9-10)5-4-16-14(19)11-2-1-3-12-13(11)21-7-6-20-12/h1-3,8-9H,4-7,15H2,(H,16,19). The summed E-state index contributed by atoms with van der Waals surface area (Å²) in [6, 6.07) is 5.28. The predicted molar refractivity (Wildman–Crippen MR) is 76.4 cm³/mol. The van der Waals surface area contributed by atoms with E-state index >= 15 is 0 Å². The zero-order valence-electron chi connectivity index (χ0n) is 11.4. The fourth-order valence-electron chi connectivity index (χ4n) is 2.13. The molecule has 7 nitrogen and oxygen atoms in total. The van der Waals surface area contributed by atoms with Crippen LogP contribution in [0.25, 0.3) is 0 Å². The molecule has 0 bridgehead atoms. The lowest BCUT2D eigenvalue weighted by molar-refractivity contribution is 0.0941. The van der Waals surface area contributed by atoms with Gasteiger partial charge >= 0.3 is 0 Å². The number of nitrogens with zero attached hydrogens (tertiary/aromatic N) is 2. The molecule has 3 N–H and O–H groups in total. The Hall–Kier alpha value is -2.70. The van der Waals surface area contributed by atoms with Gasteiger partial charge in [-0.15, -0.1) is 0 Å². The first-order chi connectivity index (χ1) is 10.2. The number of nitrogens with two attached hydrogens (primary N) is 1. The maximum atomic E-state index is 12.2. The van der Waals surface area contributed by atoms with Crippen LogP contribution in [-0.2, 0) is 6.54 Å². The van der Waals surface area contributed by atoms with Gasteiger partial charge in [0.1, 0.15) is 13.2 Å². The van der Waals surface area contributed by atoms with Crippen molar-refractivity contribution >= 4 is 11.6 Å². The van der Waals surface area contributed by atoms with Gasteiger partial charge in [0.25, 0.3) is 5.91 Å². The Bertz CT molecular complexity index is 653. The molecule has 21 heavy (non-hydrogen) atoms. The van der Waals surface area contributed by atoms with Crippen molar-refractivity contribution in [1.29, 1.82) is 0 Å². The fourth-order valence-corrected chi connectivity index (χ4v) is 2.13. The van der Waals surface area contributed by atoms with E-state index in [2.05, 4.69) is 10.4 Å². The number of amides is 1. The van der Waals surface area contributed by atoms with E-state index in [9.17, 15) is 4.79 Å². The van der Waals surface area contributed by atoms with Gasteiger partial charge in [-0.25, -0.2) is 0 Å². The van der Waals surface area contributed by atoms with Crippen LogP contribution in [0.3, 0.4) is 0 Å². The summed E-state index contributed by atoms with van der Waals surface area (Å²) in [7, 11) is 0. The van der Waals surface area contributed by atoms with E-state index in [0.29, 0.717) is 49.1 Å². The van der Waals surface area contributed by atoms with E-state index in [1.807, 2.05) is 0 Å². The molecule has 1 aliphatic rings. The second-order valence-corrected chi connectivity index (χ2v) is 4.62. The van der Waals surface area contributed by atoms with Crippen molar-refractivity contribution in [2.24, 2.45) is 0 Å². The zero-order valence-corrected chi connectivity index (χ0v) is 11.4. The van der Waals surface area contributed by atoms with Crippen LogP contribution in [0.4, 0.5) is 5.69 Å². The van der Waals surface area contributed by atoms with Gasteiger partial charge in [-0.05, 0) is 12.1 Å². The number of aromatic nitrogens is 2. The highest BCUT2D eigenvalue weighted by molar-refractivity contribution is 5.97. The zero-order chi connectivity index (χ0) is 14.7. The van der Waals surface area contributed by atoms with E-state index in [1.165, 1.54) is 0 Å². The molecule has 3 rings (SSSR count). The van der Waals surface area contributed by atoms with Gasteiger partial charge < -0.3 is 20.5 Å². The molecular weight excluding hydrogens is 272 g/mol. The van der Waals surface area contributed by atoms with Crippen molar-refractivity contribution in [3.8, 4) is 11.5 Å². The Balaban J connectivity index is 1.63. The molecule has 1 aliphatic heterocycles. The third kappa shape index (κ3) is 2.91. The number of anilines is 1. The molecule has 0 saturated heterocycles. The van der Waals surface area contributed by atoms with Crippen LogP contribution in [0, 0.1) is 0 Å². The summed E-state index contributed by atoms with van der Waals surface area (Å²) < 4.78 is 12.7. The second-order valence-electron chi connectivity index (χ2n) is 4.62. The molecule has 0 fully saturated rings. The monoisotopic (exact) mass is 288 g/mol. The van der Waals surface area contributed by atoms with Crippen LogP contribution >= 0.6 is 0 Å². The first-order valence-corrected chi connectivity index (χ1v) is 6.69. The summed E-state index contributed by atoms with van der Waals surface area (Å²) in [4.78, 5) is 12.2. The molecule has 1 amide bonds. The van der Waals surface area contributed by atoms with E-state index in [-0.39, 0.29) is 5.91 Å². The van der Waals surface area contributed by atoms with Gasteiger partial charge in [-0.3, -0.25) is 9.48 Å². The van der Waals surface area contributed by atoms with E-state index < -0.39 is 0 Å². The summed E-state index contributed by atoms with van der Waals surface area (Å²) in [6.07, 6.45) is 3.29. The van der Waals surface area contributed by atoms with Crippen LogP contribution < -0.4 is 20.5 Å². The maximum absolute atomic E-state index is 12.2. The van der Waals surface area contributed by atoms with Gasteiger partial charge in [0.2, 0.25) is 0 Å². The van der Waals surface area contributed by atoms with E-state index in [1.54, 1.807) is 35.3 Å². The number of benzene rings is 1. The average Bonchev–Trinajstić information content (AvgIpc) is 2.92. The Morgan fingerprint density at radius 2 is 2.24 bits per heavy atom. The Morgan fingerprint density at radius 3 is 3.05 bits per heavy atom. The summed E-state index contributed by atoms with van der Waals surface area (Å²) >= 11 is 0. The number of carbonyl (C=O) groups is 1. The van der Waals surface area contributed by atoms with Crippen molar-refractivity contribution in [1.82, 2.24) is 15.1 Å². The van der Waals surface area contributed by atoms with Gasteiger partial charge in [-0.2, -0.15) is 5.10 Å². The molecule has 0 saturated carbocycles. The third-order valence-electron chi connectivity index (χ3n) is 3.09. The number of nitrogens with one attached hydrogen (secondary N) is 1. The highest BCUT2D eigenvalue weighted by atomic mass is 16.6.